The summed E-state index contributed by atoms with van der Waals surface area (Å²) in [6.07, 6.45) is 1.81. The Bertz CT molecular complexity index is 708. The minimum absolute atomic E-state index is 0.637. The van der Waals surface area contributed by atoms with Gasteiger partial charge in [0.2, 0.25) is 0 Å². The van der Waals surface area contributed by atoms with Crippen molar-refractivity contribution in [2.24, 2.45) is 0 Å². The van der Waals surface area contributed by atoms with Crippen molar-refractivity contribution in [3.8, 4) is 28.1 Å². The first kappa shape index (κ1) is 13.4. The van der Waals surface area contributed by atoms with Gasteiger partial charge in [0.25, 0.3) is 0 Å². The second kappa shape index (κ2) is 6.23. The molecule has 0 fully saturated rings. The van der Waals surface area contributed by atoms with E-state index >= 15 is 0 Å². The summed E-state index contributed by atoms with van der Waals surface area (Å²) in [4.78, 5) is 4.50. The molecule has 1 heterocycles. The minimum atomic E-state index is 0.637. The predicted octanol–water partition coefficient (Wildman–Crippen LogP) is 4.81. The van der Waals surface area contributed by atoms with E-state index in [1.165, 1.54) is 5.56 Å². The van der Waals surface area contributed by atoms with Crippen LogP contribution in [0.5, 0.6) is 5.75 Å². The Kier molecular flexibility index (Phi) is 3.97. The molecular weight excluding hydrogens is 258 g/mol. The van der Waals surface area contributed by atoms with Crippen LogP contribution in [0.3, 0.4) is 0 Å². The van der Waals surface area contributed by atoms with Crippen LogP contribution in [0.4, 0.5) is 0 Å². The highest BCUT2D eigenvalue weighted by Gasteiger charge is 2.13. The third-order valence-corrected chi connectivity index (χ3v) is 3.33. The molecule has 0 saturated heterocycles. The quantitative estimate of drug-likeness (QED) is 0.681. The molecule has 1 aromatic heterocycles. The molecule has 104 valence electrons. The highest BCUT2D eigenvalue weighted by atomic mass is 16.5. The van der Waals surface area contributed by atoms with Gasteiger partial charge in [-0.15, -0.1) is 0 Å². The number of pyridine rings is 1. The Hall–Kier alpha value is -2.61. The molecule has 3 aromatic rings. The SMILES string of the molecule is CCOc1cccc(-c2ccccc2)c1-c1ccccn1. The van der Waals surface area contributed by atoms with E-state index in [1.807, 2.05) is 61.7 Å². The van der Waals surface area contributed by atoms with Crippen molar-refractivity contribution in [1.82, 2.24) is 4.98 Å². The Morgan fingerprint density at radius 1 is 0.857 bits per heavy atom. The summed E-state index contributed by atoms with van der Waals surface area (Å²) in [7, 11) is 0. The number of hydrogen-bond donors (Lipinski definition) is 0. The van der Waals surface area contributed by atoms with Gasteiger partial charge in [0.05, 0.1) is 17.9 Å². The van der Waals surface area contributed by atoms with Crippen LogP contribution in [0.2, 0.25) is 0 Å². The summed E-state index contributed by atoms with van der Waals surface area (Å²) in [5.74, 6) is 0.873. The highest BCUT2D eigenvalue weighted by molar-refractivity contribution is 5.86. The van der Waals surface area contributed by atoms with Crippen LogP contribution in [0.25, 0.3) is 22.4 Å². The number of rotatable bonds is 4. The molecule has 0 spiro atoms. The molecule has 21 heavy (non-hydrogen) atoms. The summed E-state index contributed by atoms with van der Waals surface area (Å²) in [6, 6.07) is 22.4. The Balaban J connectivity index is 2.23. The van der Waals surface area contributed by atoms with Crippen LogP contribution in [0.1, 0.15) is 6.92 Å². The molecule has 0 unspecified atom stereocenters. The van der Waals surface area contributed by atoms with Gasteiger partial charge in [-0.1, -0.05) is 48.5 Å². The lowest BCUT2D eigenvalue weighted by atomic mass is 9.96. The molecule has 0 aliphatic rings. The monoisotopic (exact) mass is 275 g/mol. The molecule has 2 heteroatoms. The van der Waals surface area contributed by atoms with Crippen LogP contribution in [0, 0.1) is 0 Å². The van der Waals surface area contributed by atoms with E-state index in [0.29, 0.717) is 6.61 Å². The fraction of sp³-hybridized carbons (Fsp3) is 0.105. The van der Waals surface area contributed by atoms with E-state index < -0.39 is 0 Å². The van der Waals surface area contributed by atoms with Crippen LogP contribution in [-0.4, -0.2) is 11.6 Å². The van der Waals surface area contributed by atoms with Gasteiger partial charge in [-0.3, -0.25) is 4.98 Å². The smallest absolute Gasteiger partial charge is 0.129 e. The Labute approximate surface area is 125 Å². The number of aromatic nitrogens is 1. The van der Waals surface area contributed by atoms with Crippen molar-refractivity contribution in [3.05, 3.63) is 72.9 Å². The van der Waals surface area contributed by atoms with Crippen LogP contribution < -0.4 is 4.74 Å². The highest BCUT2D eigenvalue weighted by Crippen LogP contribution is 2.38. The summed E-state index contributed by atoms with van der Waals surface area (Å²) >= 11 is 0. The van der Waals surface area contributed by atoms with E-state index in [9.17, 15) is 0 Å². The number of ether oxygens (including phenoxy) is 1. The van der Waals surface area contributed by atoms with Crippen molar-refractivity contribution in [2.45, 2.75) is 6.92 Å². The zero-order valence-electron chi connectivity index (χ0n) is 12.0. The third kappa shape index (κ3) is 2.79. The van der Waals surface area contributed by atoms with Crippen molar-refractivity contribution >= 4 is 0 Å². The van der Waals surface area contributed by atoms with Gasteiger partial charge in [0.15, 0.2) is 0 Å². The molecular formula is C19H17NO. The van der Waals surface area contributed by atoms with Crippen LogP contribution in [0.15, 0.2) is 72.9 Å². The molecule has 0 radical (unpaired) electrons. The van der Waals surface area contributed by atoms with Gasteiger partial charge in [-0.2, -0.15) is 0 Å². The standard InChI is InChI=1S/C19H17NO/c1-2-21-18-13-8-11-16(15-9-4-3-5-10-15)19(18)17-12-6-7-14-20-17/h3-14H,2H2,1H3. The van der Waals surface area contributed by atoms with Gasteiger partial charge < -0.3 is 4.74 Å². The van der Waals surface area contributed by atoms with E-state index in [-0.39, 0.29) is 0 Å². The van der Waals surface area contributed by atoms with Gasteiger partial charge in [0.1, 0.15) is 5.75 Å². The molecule has 0 saturated carbocycles. The second-order valence-corrected chi connectivity index (χ2v) is 4.69. The van der Waals surface area contributed by atoms with Gasteiger partial charge in [-0.05, 0) is 36.2 Å². The molecule has 0 atom stereocenters. The topological polar surface area (TPSA) is 22.1 Å². The molecule has 0 aliphatic heterocycles. The largest absolute Gasteiger partial charge is 0.493 e. The second-order valence-electron chi connectivity index (χ2n) is 4.69. The Morgan fingerprint density at radius 2 is 1.67 bits per heavy atom. The van der Waals surface area contributed by atoms with Crippen molar-refractivity contribution in [1.29, 1.82) is 0 Å². The fourth-order valence-corrected chi connectivity index (χ4v) is 2.44. The van der Waals surface area contributed by atoms with Crippen molar-refractivity contribution in [3.63, 3.8) is 0 Å². The van der Waals surface area contributed by atoms with E-state index in [4.69, 9.17) is 4.74 Å². The van der Waals surface area contributed by atoms with Gasteiger partial charge in [0, 0.05) is 6.20 Å². The molecule has 0 amide bonds. The van der Waals surface area contributed by atoms with E-state index in [1.54, 1.807) is 0 Å². The van der Waals surface area contributed by atoms with Crippen LogP contribution in [-0.2, 0) is 0 Å². The first-order valence-corrected chi connectivity index (χ1v) is 7.13. The molecule has 3 rings (SSSR count). The lowest BCUT2D eigenvalue weighted by Crippen LogP contribution is -1.97. The average molecular weight is 275 g/mol. The van der Waals surface area contributed by atoms with Crippen molar-refractivity contribution < 1.29 is 4.74 Å². The van der Waals surface area contributed by atoms with Crippen LogP contribution >= 0.6 is 0 Å². The first-order valence-electron chi connectivity index (χ1n) is 7.13. The lowest BCUT2D eigenvalue weighted by Gasteiger charge is -2.14. The zero-order chi connectivity index (χ0) is 14.5. The molecule has 0 N–H and O–H groups in total. The number of hydrogen-bond acceptors (Lipinski definition) is 2. The molecule has 2 aromatic carbocycles. The maximum atomic E-state index is 5.81. The average Bonchev–Trinajstić information content (AvgIpc) is 2.56. The van der Waals surface area contributed by atoms with Crippen molar-refractivity contribution in [2.75, 3.05) is 6.61 Å². The summed E-state index contributed by atoms with van der Waals surface area (Å²) in [5.41, 5.74) is 4.28. The maximum Gasteiger partial charge on any atom is 0.129 e. The minimum Gasteiger partial charge on any atom is -0.493 e. The fourth-order valence-electron chi connectivity index (χ4n) is 2.44. The summed E-state index contributed by atoms with van der Waals surface area (Å²) in [5, 5.41) is 0. The molecule has 0 aliphatic carbocycles. The zero-order valence-corrected chi connectivity index (χ0v) is 12.0. The normalized spacial score (nSPS) is 10.3. The number of benzene rings is 2. The summed E-state index contributed by atoms with van der Waals surface area (Å²) in [6.45, 7) is 2.63. The third-order valence-electron chi connectivity index (χ3n) is 3.33. The van der Waals surface area contributed by atoms with Gasteiger partial charge >= 0.3 is 0 Å². The predicted molar refractivity (Wildman–Crippen MR) is 86.3 cm³/mol. The summed E-state index contributed by atoms with van der Waals surface area (Å²) < 4.78 is 5.81. The van der Waals surface area contributed by atoms with Gasteiger partial charge in [-0.25, -0.2) is 0 Å². The Morgan fingerprint density at radius 3 is 2.38 bits per heavy atom. The number of nitrogens with zero attached hydrogens (tertiary/aromatic N) is 1. The van der Waals surface area contributed by atoms with E-state index in [0.717, 1.165) is 22.6 Å². The van der Waals surface area contributed by atoms with E-state index in [2.05, 4.69) is 23.2 Å². The maximum absolute atomic E-state index is 5.81. The molecule has 0 bridgehead atoms. The first-order chi connectivity index (χ1) is 10.4. The lowest BCUT2D eigenvalue weighted by molar-refractivity contribution is 0.341. The molecule has 2 nitrogen and oxygen atoms in total.